The van der Waals surface area contributed by atoms with Crippen molar-refractivity contribution in [3.63, 3.8) is 0 Å². The fraction of sp³-hybridized carbons (Fsp3) is 0.333. The summed E-state index contributed by atoms with van der Waals surface area (Å²) in [4.78, 5) is 79.1. The van der Waals surface area contributed by atoms with Crippen molar-refractivity contribution in [2.24, 2.45) is 0 Å². The molecule has 458 valence electrons. The van der Waals surface area contributed by atoms with Crippen molar-refractivity contribution in [1.82, 2.24) is 0 Å². The second-order valence-corrected chi connectivity index (χ2v) is 18.2. The van der Waals surface area contributed by atoms with Gasteiger partial charge in [0.15, 0.2) is 0 Å². The van der Waals surface area contributed by atoms with Crippen LogP contribution >= 0.6 is 23.2 Å². The van der Waals surface area contributed by atoms with Gasteiger partial charge in [-0.15, -0.1) is 0 Å². The summed E-state index contributed by atoms with van der Waals surface area (Å²) < 4.78 is -1.99. The highest BCUT2D eigenvalue weighted by Gasteiger charge is 2.48. The standard InChI is InChI=1S/C15H8Cl2O2.C15H12N2.C12H8O4.C12H10.8C2H6.2CO2/c16-15(17)13(18)9-5-3-7-1-2-8-4-6-10(14(15)19)12(9)11(7)8;16-12-7-13(17)11-6-4-9-2-1-8-3-5-10(12)15(11)14(8)9;13-11(14)8-5-1-3-7-4-2-6-9(10(7)8)12(15)16;1-3-9-4-2-6-11-8-7-10(5-1)12(9)11;8*1-2;2*2-1-3/h3-6H,1-2H2;3-6,16-17H,1-2,7H2;1-6H,(H,13,14)(H,15,16);1-6H,7-8H2;8*1-2H3;;. The summed E-state index contributed by atoms with van der Waals surface area (Å²) in [5.74, 6) is -3.27. The van der Waals surface area contributed by atoms with E-state index < -0.39 is 27.8 Å². The summed E-state index contributed by atoms with van der Waals surface area (Å²) in [5.41, 5.74) is 12.4. The highest BCUT2D eigenvalue weighted by atomic mass is 35.5. The third kappa shape index (κ3) is 17.7. The molecule has 0 unspecified atom stereocenters. The molecular weight excluding hydrogens is 1120 g/mol. The zero-order valence-electron chi connectivity index (χ0n) is 52.9. The van der Waals surface area contributed by atoms with Crippen LogP contribution in [0.5, 0.6) is 0 Å². The van der Waals surface area contributed by atoms with Gasteiger partial charge in [-0.2, -0.15) is 19.2 Å². The maximum absolute atomic E-state index is 12.3. The van der Waals surface area contributed by atoms with E-state index in [4.69, 9.17) is 63.4 Å². The third-order valence-corrected chi connectivity index (χ3v) is 13.9. The van der Waals surface area contributed by atoms with Crippen LogP contribution in [0.1, 0.15) is 203 Å². The molecule has 8 aromatic carbocycles. The van der Waals surface area contributed by atoms with Gasteiger partial charge in [0.2, 0.25) is 15.9 Å². The van der Waals surface area contributed by atoms with E-state index in [2.05, 4.69) is 60.7 Å². The number of nitrogens with one attached hydrogen (secondary N) is 2. The number of aryl methyl sites for hydroxylation is 6. The summed E-state index contributed by atoms with van der Waals surface area (Å²) in [7, 11) is 0. The number of aromatic carboxylic acids is 2. The zero-order chi connectivity index (χ0) is 66.0. The number of carboxylic acid groups (broad SMARTS) is 2. The minimum atomic E-state index is -1.99. The fourth-order valence-corrected chi connectivity index (χ4v) is 10.6. The average molecular weight is 1210 g/mol. The van der Waals surface area contributed by atoms with Crippen LogP contribution in [0.4, 0.5) is 0 Å². The Morgan fingerprint density at radius 3 is 0.907 bits per heavy atom. The molecule has 0 spiro atoms. The Hall–Kier alpha value is -8.24. The number of carboxylic acids is 2. The number of ketones is 2. The molecule has 12 nitrogen and oxygen atoms in total. The first-order chi connectivity index (χ1) is 41.7. The number of halogens is 2. The Bertz CT molecular complexity index is 3450. The van der Waals surface area contributed by atoms with Crippen molar-refractivity contribution < 1.29 is 48.6 Å². The van der Waals surface area contributed by atoms with E-state index in [1.165, 1.54) is 79.9 Å². The summed E-state index contributed by atoms with van der Waals surface area (Å²) in [6.07, 6.45) is 7.55. The summed E-state index contributed by atoms with van der Waals surface area (Å²) in [6, 6.07) is 38.4. The lowest BCUT2D eigenvalue weighted by molar-refractivity contribution is -0.193. The summed E-state index contributed by atoms with van der Waals surface area (Å²) >= 11 is 11.9. The van der Waals surface area contributed by atoms with E-state index >= 15 is 0 Å². The second kappa shape index (κ2) is 40.1. The maximum Gasteiger partial charge on any atom is 0.373 e. The Balaban J connectivity index is 0.00000101. The summed E-state index contributed by atoms with van der Waals surface area (Å²) in [6.45, 7) is 32.0. The number of fused-ring (bicyclic) bond motifs is 1. The molecule has 5 aliphatic rings. The molecule has 0 saturated heterocycles. The van der Waals surface area contributed by atoms with Crippen LogP contribution in [0.3, 0.4) is 0 Å². The first-order valence-corrected chi connectivity index (χ1v) is 30.7. The molecule has 0 aliphatic heterocycles. The molecule has 13 rings (SSSR count). The molecule has 14 heteroatoms. The van der Waals surface area contributed by atoms with Crippen molar-refractivity contribution in [2.45, 2.75) is 160 Å². The molecule has 0 bridgehead atoms. The van der Waals surface area contributed by atoms with E-state index in [9.17, 15) is 19.2 Å². The Morgan fingerprint density at radius 1 is 0.372 bits per heavy atom. The van der Waals surface area contributed by atoms with E-state index in [-0.39, 0.29) is 28.8 Å². The highest BCUT2D eigenvalue weighted by Crippen LogP contribution is 2.44. The molecule has 0 saturated carbocycles. The minimum absolute atomic E-state index is 0.00972. The van der Waals surface area contributed by atoms with Crippen LogP contribution in [-0.2, 0) is 57.7 Å². The van der Waals surface area contributed by atoms with Gasteiger partial charge in [0.25, 0.3) is 0 Å². The lowest BCUT2D eigenvalue weighted by Gasteiger charge is -2.25. The van der Waals surface area contributed by atoms with E-state index in [1.807, 2.05) is 123 Å². The van der Waals surface area contributed by atoms with Gasteiger partial charge in [-0.05, 0) is 111 Å². The SMILES string of the molecule is CC.CC.CC.CC.CC.CC.CC.CC.N=C1CC(=N)c2ccc3c4c(ccc1c24)CC3.O=C(O)c1cccc2cccc(C(=O)O)c12.O=C1c2ccc3c4c(ccc(c24)C(=O)C1(Cl)Cl)CC3.O=C=O.O=C=O.c1cc2c3c(cccc3c1)CC2. The monoisotopic (exact) mass is 1210 g/mol. The zero-order valence-corrected chi connectivity index (χ0v) is 54.4. The van der Waals surface area contributed by atoms with Gasteiger partial charge in [0, 0.05) is 56.3 Å². The lowest BCUT2D eigenvalue weighted by Crippen LogP contribution is -2.39. The van der Waals surface area contributed by atoms with Gasteiger partial charge in [-0.25, -0.2) is 9.59 Å². The van der Waals surface area contributed by atoms with Crippen molar-refractivity contribution in [1.29, 1.82) is 10.8 Å². The van der Waals surface area contributed by atoms with Crippen LogP contribution in [0, 0.1) is 10.8 Å². The maximum atomic E-state index is 12.3. The van der Waals surface area contributed by atoms with Crippen molar-refractivity contribution in [3.05, 3.63) is 188 Å². The number of alkyl halides is 2. The fourth-order valence-electron chi connectivity index (χ4n) is 10.2. The van der Waals surface area contributed by atoms with Crippen LogP contribution in [-0.4, -0.2) is 61.8 Å². The van der Waals surface area contributed by atoms with Crippen LogP contribution in [0.2, 0.25) is 0 Å². The van der Waals surface area contributed by atoms with Crippen LogP contribution < -0.4 is 0 Å². The van der Waals surface area contributed by atoms with E-state index in [0.29, 0.717) is 34.4 Å². The van der Waals surface area contributed by atoms with Gasteiger partial charge in [-0.3, -0.25) is 9.59 Å². The third-order valence-electron chi connectivity index (χ3n) is 13.2. The van der Waals surface area contributed by atoms with Crippen molar-refractivity contribution in [2.75, 3.05) is 0 Å². The van der Waals surface area contributed by atoms with Crippen LogP contribution in [0.15, 0.2) is 121 Å². The molecule has 5 aliphatic carbocycles. The number of carbonyl (C=O) groups is 4. The molecular formula is C72H86Cl2N2O10. The molecule has 0 radical (unpaired) electrons. The normalized spacial score (nSPS) is 12.2. The first kappa shape index (κ1) is 77.8. The van der Waals surface area contributed by atoms with E-state index in [1.54, 1.807) is 36.4 Å². The van der Waals surface area contributed by atoms with Gasteiger partial charge < -0.3 is 21.0 Å². The molecule has 0 heterocycles. The predicted molar refractivity (Wildman–Crippen MR) is 354 cm³/mol. The second-order valence-electron chi connectivity index (χ2n) is 16.9. The molecule has 0 fully saturated rings. The average Bonchev–Trinajstić information content (AvgIpc) is 1.30. The molecule has 8 aromatic rings. The molecule has 0 aromatic heterocycles. The number of hydrogen-bond donors (Lipinski definition) is 4. The number of benzene rings is 8. The number of carbonyl (C=O) groups excluding carboxylic acids is 6. The van der Waals surface area contributed by atoms with Gasteiger partial charge in [0.1, 0.15) is 0 Å². The quantitative estimate of drug-likeness (QED) is 0.0946. The van der Waals surface area contributed by atoms with Crippen LogP contribution in [0.25, 0.3) is 43.1 Å². The van der Waals surface area contributed by atoms with E-state index in [0.717, 1.165) is 47.6 Å². The summed E-state index contributed by atoms with van der Waals surface area (Å²) in [5, 5.41) is 42.2. The van der Waals surface area contributed by atoms with Gasteiger partial charge >= 0.3 is 24.2 Å². The topological polar surface area (TPSA) is 225 Å². The Labute approximate surface area is 518 Å². The number of hydrogen-bond acceptors (Lipinski definition) is 10. The highest BCUT2D eigenvalue weighted by molar-refractivity contribution is 6.72. The molecule has 4 N–H and O–H groups in total. The van der Waals surface area contributed by atoms with Gasteiger partial charge in [-0.1, -0.05) is 243 Å². The lowest BCUT2D eigenvalue weighted by atomic mass is 9.84. The smallest absolute Gasteiger partial charge is 0.373 e. The predicted octanol–water partition coefficient (Wildman–Crippen LogP) is 18.8. The first-order valence-electron chi connectivity index (χ1n) is 29.9. The van der Waals surface area contributed by atoms with Crippen molar-refractivity contribution >= 4 is 114 Å². The molecule has 0 amide bonds. The van der Waals surface area contributed by atoms with Gasteiger partial charge in [0.05, 0.1) is 11.1 Å². The number of Topliss-reactive ketones (excluding diaryl/α,β-unsaturated/α-hetero) is 2. The number of rotatable bonds is 2. The Morgan fingerprint density at radius 2 is 0.616 bits per heavy atom. The Kier molecular flexibility index (Phi) is 36.3. The van der Waals surface area contributed by atoms with Crippen molar-refractivity contribution in [3.8, 4) is 0 Å². The molecule has 86 heavy (non-hydrogen) atoms. The molecule has 0 atom stereocenters. The largest absolute Gasteiger partial charge is 0.478 e. The minimum Gasteiger partial charge on any atom is -0.478 e.